The maximum Gasteiger partial charge on any atom is 0.224 e. The van der Waals surface area contributed by atoms with Crippen LogP contribution in [0.4, 0.5) is 0 Å². The molecule has 1 N–H and O–H groups in total. The molecule has 0 spiro atoms. The molecule has 0 saturated heterocycles. The van der Waals surface area contributed by atoms with E-state index in [0.717, 1.165) is 5.56 Å². The third-order valence-corrected chi connectivity index (χ3v) is 4.70. The third kappa shape index (κ3) is 4.71. The SMILES string of the molecule is CN(C)C(CNC(=O)Cc1ccc(Cl)cc1Cl)c1ccsc1. The normalized spacial score (nSPS) is 12.4. The monoisotopic (exact) mass is 356 g/mol. The summed E-state index contributed by atoms with van der Waals surface area (Å²) < 4.78 is 0. The molecule has 1 aromatic heterocycles. The second kappa shape index (κ2) is 7.97. The fraction of sp³-hybridized carbons (Fsp3) is 0.312. The van der Waals surface area contributed by atoms with Crippen LogP contribution >= 0.6 is 34.5 Å². The van der Waals surface area contributed by atoms with E-state index in [2.05, 4.69) is 21.7 Å². The van der Waals surface area contributed by atoms with Gasteiger partial charge in [-0.1, -0.05) is 29.3 Å². The standard InChI is InChI=1S/C16H18Cl2N2OS/c1-20(2)15(12-5-6-22-10-12)9-19-16(21)7-11-3-4-13(17)8-14(11)18/h3-6,8,10,15H,7,9H2,1-2H3,(H,19,21). The van der Waals surface area contributed by atoms with Gasteiger partial charge in [0.2, 0.25) is 5.91 Å². The average Bonchev–Trinajstić information content (AvgIpc) is 2.96. The number of nitrogens with one attached hydrogen (secondary N) is 1. The zero-order chi connectivity index (χ0) is 16.1. The molecule has 1 amide bonds. The van der Waals surface area contributed by atoms with Crippen LogP contribution in [0.5, 0.6) is 0 Å². The van der Waals surface area contributed by atoms with Gasteiger partial charge in [-0.15, -0.1) is 0 Å². The largest absolute Gasteiger partial charge is 0.354 e. The number of benzene rings is 1. The lowest BCUT2D eigenvalue weighted by Gasteiger charge is -2.24. The number of carbonyl (C=O) groups is 1. The Labute approximate surface area is 144 Å². The van der Waals surface area contributed by atoms with E-state index in [0.29, 0.717) is 16.6 Å². The maximum absolute atomic E-state index is 12.1. The first kappa shape index (κ1) is 17.3. The van der Waals surface area contributed by atoms with E-state index in [1.807, 2.05) is 19.5 Å². The molecule has 22 heavy (non-hydrogen) atoms. The van der Waals surface area contributed by atoms with Gasteiger partial charge in [0.1, 0.15) is 0 Å². The van der Waals surface area contributed by atoms with Crippen LogP contribution in [0.1, 0.15) is 17.2 Å². The van der Waals surface area contributed by atoms with Gasteiger partial charge in [0.05, 0.1) is 12.5 Å². The first-order chi connectivity index (χ1) is 10.5. The summed E-state index contributed by atoms with van der Waals surface area (Å²) in [5.41, 5.74) is 1.99. The Bertz CT molecular complexity index is 629. The quantitative estimate of drug-likeness (QED) is 0.847. The predicted molar refractivity (Wildman–Crippen MR) is 93.9 cm³/mol. The molecule has 1 unspecified atom stereocenters. The second-order valence-electron chi connectivity index (χ2n) is 5.25. The molecule has 118 valence electrons. The summed E-state index contributed by atoms with van der Waals surface area (Å²) in [4.78, 5) is 14.2. The van der Waals surface area contributed by atoms with Crippen LogP contribution in [0.3, 0.4) is 0 Å². The lowest BCUT2D eigenvalue weighted by atomic mass is 10.1. The van der Waals surface area contributed by atoms with Crippen LogP contribution in [-0.2, 0) is 11.2 Å². The summed E-state index contributed by atoms with van der Waals surface area (Å²) in [5, 5.41) is 8.21. The van der Waals surface area contributed by atoms with E-state index >= 15 is 0 Å². The first-order valence-corrected chi connectivity index (χ1v) is 8.56. The highest BCUT2D eigenvalue weighted by molar-refractivity contribution is 7.07. The van der Waals surface area contributed by atoms with E-state index in [9.17, 15) is 4.79 Å². The molecule has 0 bridgehead atoms. The number of amides is 1. The Morgan fingerprint density at radius 1 is 1.32 bits per heavy atom. The summed E-state index contributed by atoms with van der Waals surface area (Å²) in [7, 11) is 4.01. The summed E-state index contributed by atoms with van der Waals surface area (Å²) in [6.07, 6.45) is 0.250. The number of likely N-dealkylation sites (N-methyl/N-ethyl adjacent to an activating group) is 1. The van der Waals surface area contributed by atoms with Crippen molar-refractivity contribution in [3.05, 3.63) is 56.2 Å². The van der Waals surface area contributed by atoms with Crippen LogP contribution in [0.2, 0.25) is 10.0 Å². The van der Waals surface area contributed by atoms with Crippen LogP contribution < -0.4 is 5.32 Å². The summed E-state index contributed by atoms with van der Waals surface area (Å²) >= 11 is 13.6. The molecule has 0 aliphatic rings. The minimum absolute atomic E-state index is 0.0497. The average molecular weight is 357 g/mol. The molecule has 1 atom stereocenters. The Balaban J connectivity index is 1.94. The number of hydrogen-bond acceptors (Lipinski definition) is 3. The molecule has 0 aliphatic heterocycles. The molecular formula is C16H18Cl2N2OS. The van der Waals surface area contributed by atoms with Crippen molar-refractivity contribution in [2.24, 2.45) is 0 Å². The Hall–Kier alpha value is -1.07. The van der Waals surface area contributed by atoms with E-state index in [-0.39, 0.29) is 18.4 Å². The van der Waals surface area contributed by atoms with Gasteiger partial charge in [-0.25, -0.2) is 0 Å². The number of rotatable bonds is 6. The molecule has 2 aromatic rings. The van der Waals surface area contributed by atoms with E-state index in [1.54, 1.807) is 29.5 Å². The van der Waals surface area contributed by atoms with Crippen molar-refractivity contribution >= 4 is 40.4 Å². The molecule has 2 rings (SSSR count). The number of halogens is 2. The Morgan fingerprint density at radius 2 is 2.09 bits per heavy atom. The molecule has 6 heteroatoms. The molecule has 0 radical (unpaired) electrons. The zero-order valence-corrected chi connectivity index (χ0v) is 14.8. The van der Waals surface area contributed by atoms with Crippen molar-refractivity contribution in [3.8, 4) is 0 Å². The maximum atomic E-state index is 12.1. The third-order valence-electron chi connectivity index (χ3n) is 3.41. The molecule has 0 fully saturated rings. The van der Waals surface area contributed by atoms with Crippen molar-refractivity contribution in [3.63, 3.8) is 0 Å². The lowest BCUT2D eigenvalue weighted by molar-refractivity contribution is -0.120. The fourth-order valence-electron chi connectivity index (χ4n) is 2.17. The lowest BCUT2D eigenvalue weighted by Crippen LogP contribution is -2.35. The Morgan fingerprint density at radius 3 is 2.68 bits per heavy atom. The number of carbonyl (C=O) groups excluding carboxylic acids is 1. The topological polar surface area (TPSA) is 32.3 Å². The van der Waals surface area contributed by atoms with E-state index in [1.165, 1.54) is 5.56 Å². The molecular weight excluding hydrogens is 339 g/mol. The first-order valence-electron chi connectivity index (χ1n) is 6.86. The fourth-order valence-corrected chi connectivity index (χ4v) is 3.36. The highest BCUT2D eigenvalue weighted by Crippen LogP contribution is 2.22. The molecule has 0 saturated carbocycles. The zero-order valence-electron chi connectivity index (χ0n) is 12.5. The second-order valence-corrected chi connectivity index (χ2v) is 6.88. The number of nitrogens with zero attached hydrogens (tertiary/aromatic N) is 1. The van der Waals surface area contributed by atoms with Gasteiger partial charge in [0.15, 0.2) is 0 Å². The number of thiophene rings is 1. The van der Waals surface area contributed by atoms with E-state index < -0.39 is 0 Å². The Kier molecular flexibility index (Phi) is 6.26. The van der Waals surface area contributed by atoms with Crippen LogP contribution in [0.25, 0.3) is 0 Å². The van der Waals surface area contributed by atoms with Crippen molar-refractivity contribution < 1.29 is 4.79 Å². The molecule has 3 nitrogen and oxygen atoms in total. The molecule has 1 aromatic carbocycles. The minimum Gasteiger partial charge on any atom is -0.354 e. The minimum atomic E-state index is -0.0497. The van der Waals surface area contributed by atoms with Crippen molar-refractivity contribution in [2.45, 2.75) is 12.5 Å². The smallest absolute Gasteiger partial charge is 0.224 e. The summed E-state index contributed by atoms with van der Waals surface area (Å²) in [6, 6.07) is 7.42. The van der Waals surface area contributed by atoms with Crippen molar-refractivity contribution in [1.82, 2.24) is 10.2 Å². The van der Waals surface area contributed by atoms with E-state index in [4.69, 9.17) is 23.2 Å². The van der Waals surface area contributed by atoms with Gasteiger partial charge in [0.25, 0.3) is 0 Å². The summed E-state index contributed by atoms with van der Waals surface area (Å²) in [6.45, 7) is 0.563. The van der Waals surface area contributed by atoms with Gasteiger partial charge in [-0.05, 0) is 54.2 Å². The van der Waals surface area contributed by atoms with Gasteiger partial charge >= 0.3 is 0 Å². The van der Waals surface area contributed by atoms with Gasteiger partial charge in [-0.3, -0.25) is 4.79 Å². The highest BCUT2D eigenvalue weighted by Gasteiger charge is 2.16. The van der Waals surface area contributed by atoms with Crippen LogP contribution in [0, 0.1) is 0 Å². The van der Waals surface area contributed by atoms with Crippen LogP contribution in [0.15, 0.2) is 35.0 Å². The summed E-state index contributed by atoms with van der Waals surface area (Å²) in [5.74, 6) is -0.0497. The van der Waals surface area contributed by atoms with Crippen molar-refractivity contribution in [2.75, 3.05) is 20.6 Å². The van der Waals surface area contributed by atoms with Crippen LogP contribution in [-0.4, -0.2) is 31.4 Å². The highest BCUT2D eigenvalue weighted by atomic mass is 35.5. The van der Waals surface area contributed by atoms with Gasteiger partial charge < -0.3 is 10.2 Å². The molecule has 1 heterocycles. The number of hydrogen-bond donors (Lipinski definition) is 1. The predicted octanol–water partition coefficient (Wildman–Crippen LogP) is 4.02. The molecule has 0 aliphatic carbocycles. The van der Waals surface area contributed by atoms with Gasteiger partial charge in [-0.2, -0.15) is 11.3 Å². The van der Waals surface area contributed by atoms with Crippen molar-refractivity contribution in [1.29, 1.82) is 0 Å². The van der Waals surface area contributed by atoms with Gasteiger partial charge in [0, 0.05) is 16.6 Å².